The van der Waals surface area contributed by atoms with Gasteiger partial charge in [-0.3, -0.25) is 4.21 Å². The molecule has 0 aliphatic carbocycles. The summed E-state index contributed by atoms with van der Waals surface area (Å²) < 4.78 is 11.6. The van der Waals surface area contributed by atoms with Crippen LogP contribution in [0.3, 0.4) is 0 Å². The lowest BCUT2D eigenvalue weighted by Gasteiger charge is -2.42. The van der Waals surface area contributed by atoms with Crippen LogP contribution >= 0.6 is 0 Å². The van der Waals surface area contributed by atoms with Crippen LogP contribution in [0.4, 0.5) is 0 Å². The summed E-state index contributed by atoms with van der Waals surface area (Å²) in [4.78, 5) is 0. The van der Waals surface area contributed by atoms with E-state index in [2.05, 4.69) is 27.9 Å². The van der Waals surface area contributed by atoms with Gasteiger partial charge in [-0.2, -0.15) is 0 Å². The van der Waals surface area contributed by atoms with E-state index in [4.69, 9.17) is 0 Å². The molecule has 0 heterocycles. The highest BCUT2D eigenvalue weighted by molar-refractivity contribution is 7.84. The molecule has 0 amide bonds. The summed E-state index contributed by atoms with van der Waals surface area (Å²) >= 11 is 0. The van der Waals surface area contributed by atoms with Crippen molar-refractivity contribution in [2.45, 2.75) is 26.3 Å². The van der Waals surface area contributed by atoms with Crippen LogP contribution in [-0.4, -0.2) is 40.3 Å². The molecule has 3 heteroatoms. The van der Waals surface area contributed by atoms with Gasteiger partial charge in [-0.25, -0.2) is 0 Å². The van der Waals surface area contributed by atoms with Gasteiger partial charge in [-0.1, -0.05) is 0 Å². The third-order valence-corrected chi connectivity index (χ3v) is 3.21. The van der Waals surface area contributed by atoms with Crippen molar-refractivity contribution in [2.24, 2.45) is 0 Å². The molecule has 0 N–H and O–H groups in total. The SMILES string of the molecule is [CH2-][N+](C)(CCCS(C)=O)C(C)C. The molecular formula is C9H21NOS. The highest BCUT2D eigenvalue weighted by atomic mass is 32.2. The zero-order chi connectivity index (χ0) is 9.78. The Bertz CT molecular complexity index is 155. The average molecular weight is 191 g/mol. The van der Waals surface area contributed by atoms with E-state index in [-0.39, 0.29) is 0 Å². The maximum absolute atomic E-state index is 10.8. The van der Waals surface area contributed by atoms with Crippen molar-refractivity contribution >= 4 is 10.8 Å². The summed E-state index contributed by atoms with van der Waals surface area (Å²) in [5.41, 5.74) is 0. The molecule has 2 unspecified atom stereocenters. The van der Waals surface area contributed by atoms with Crippen LogP contribution in [0, 0.1) is 7.05 Å². The third-order valence-electron chi connectivity index (χ3n) is 2.35. The van der Waals surface area contributed by atoms with Crippen LogP contribution in [-0.2, 0) is 10.8 Å². The molecule has 0 aromatic heterocycles. The fourth-order valence-electron chi connectivity index (χ4n) is 0.887. The Morgan fingerprint density at radius 1 is 1.50 bits per heavy atom. The van der Waals surface area contributed by atoms with Crippen LogP contribution in [0.25, 0.3) is 0 Å². The van der Waals surface area contributed by atoms with E-state index in [1.54, 1.807) is 6.26 Å². The topological polar surface area (TPSA) is 17.1 Å². The Labute approximate surface area is 79.0 Å². The molecule has 0 radical (unpaired) electrons. The monoisotopic (exact) mass is 191 g/mol. The van der Waals surface area contributed by atoms with Gasteiger partial charge in [0.15, 0.2) is 0 Å². The smallest absolute Gasteiger partial charge is 0.0590 e. The zero-order valence-electron chi connectivity index (χ0n) is 8.67. The molecule has 0 bridgehead atoms. The minimum absolute atomic E-state index is 0.537. The van der Waals surface area contributed by atoms with Crippen molar-refractivity contribution < 1.29 is 8.69 Å². The van der Waals surface area contributed by atoms with Gasteiger partial charge in [0.2, 0.25) is 0 Å². The van der Waals surface area contributed by atoms with E-state index in [0.717, 1.165) is 23.2 Å². The minimum atomic E-state index is -0.651. The first kappa shape index (κ1) is 12.1. The molecule has 0 aliphatic rings. The lowest BCUT2D eigenvalue weighted by Crippen LogP contribution is -2.44. The van der Waals surface area contributed by atoms with E-state index in [1.165, 1.54) is 0 Å². The first-order valence-corrected chi connectivity index (χ1v) is 6.08. The van der Waals surface area contributed by atoms with Crippen molar-refractivity contribution in [3.05, 3.63) is 7.05 Å². The van der Waals surface area contributed by atoms with Gasteiger partial charge in [0, 0.05) is 36.3 Å². The quantitative estimate of drug-likeness (QED) is 0.474. The Morgan fingerprint density at radius 2 is 2.00 bits per heavy atom. The standard InChI is InChI=1S/C9H21NOS/c1-9(2)10(3,4)7-6-8-12(5)11/h9H,3,6-8H2,1-2,4-5H3. The predicted octanol–water partition coefficient (Wildman–Crippen LogP) is 1.40. The Balaban J connectivity index is 3.69. The number of hydrogen-bond acceptors (Lipinski definition) is 1. The van der Waals surface area contributed by atoms with Crippen molar-refractivity contribution in [2.75, 3.05) is 25.6 Å². The van der Waals surface area contributed by atoms with Gasteiger partial charge in [0.05, 0.1) is 12.6 Å². The molecular weight excluding hydrogens is 170 g/mol. The van der Waals surface area contributed by atoms with Gasteiger partial charge < -0.3 is 4.48 Å². The molecule has 0 rings (SSSR count). The van der Waals surface area contributed by atoms with Crippen LogP contribution in [0.2, 0.25) is 0 Å². The molecule has 0 saturated carbocycles. The first-order valence-electron chi connectivity index (χ1n) is 4.36. The molecule has 0 aliphatic heterocycles. The Kier molecular flexibility index (Phi) is 5.02. The van der Waals surface area contributed by atoms with Crippen LogP contribution in [0.1, 0.15) is 20.3 Å². The normalized spacial score (nSPS) is 19.2. The van der Waals surface area contributed by atoms with Gasteiger partial charge in [-0.05, 0) is 13.8 Å². The van der Waals surface area contributed by atoms with Crippen molar-refractivity contribution in [3.63, 3.8) is 0 Å². The molecule has 74 valence electrons. The second kappa shape index (κ2) is 4.97. The van der Waals surface area contributed by atoms with E-state index >= 15 is 0 Å². The van der Waals surface area contributed by atoms with E-state index in [9.17, 15) is 4.21 Å². The van der Waals surface area contributed by atoms with Gasteiger partial charge in [0.1, 0.15) is 0 Å². The zero-order valence-corrected chi connectivity index (χ0v) is 9.49. The van der Waals surface area contributed by atoms with Crippen LogP contribution in [0.5, 0.6) is 0 Å². The van der Waals surface area contributed by atoms with Crippen molar-refractivity contribution in [1.29, 1.82) is 0 Å². The highest BCUT2D eigenvalue weighted by Gasteiger charge is 2.12. The molecule has 12 heavy (non-hydrogen) atoms. The summed E-state index contributed by atoms with van der Waals surface area (Å²) in [5.74, 6) is 0.802. The maximum atomic E-state index is 10.8. The molecule has 0 spiro atoms. The van der Waals surface area contributed by atoms with Crippen molar-refractivity contribution in [1.82, 2.24) is 0 Å². The predicted molar refractivity (Wildman–Crippen MR) is 55.1 cm³/mol. The van der Waals surface area contributed by atoms with E-state index in [0.29, 0.717) is 6.04 Å². The number of nitrogens with zero attached hydrogens (tertiary/aromatic N) is 1. The molecule has 0 saturated heterocycles. The fraction of sp³-hybridized carbons (Fsp3) is 0.889. The maximum Gasteiger partial charge on any atom is 0.0590 e. The second-order valence-electron chi connectivity index (χ2n) is 3.93. The Morgan fingerprint density at radius 3 is 2.33 bits per heavy atom. The summed E-state index contributed by atoms with van der Waals surface area (Å²) in [7, 11) is 5.57. The van der Waals surface area contributed by atoms with Crippen LogP contribution in [0.15, 0.2) is 0 Å². The number of quaternary nitrogens is 1. The molecule has 0 aromatic rings. The van der Waals surface area contributed by atoms with E-state index in [1.807, 2.05) is 0 Å². The lowest BCUT2D eigenvalue weighted by atomic mass is 10.2. The fourth-order valence-corrected chi connectivity index (χ4v) is 1.42. The molecule has 0 aromatic carbocycles. The molecule has 0 fully saturated rings. The Hall–Kier alpha value is 0.110. The van der Waals surface area contributed by atoms with Crippen LogP contribution < -0.4 is 0 Å². The lowest BCUT2D eigenvalue weighted by molar-refractivity contribution is -0.887. The number of hydrogen-bond donors (Lipinski definition) is 0. The largest absolute Gasteiger partial charge is 0.457 e. The molecule has 2 nitrogen and oxygen atoms in total. The van der Waals surface area contributed by atoms with Crippen molar-refractivity contribution in [3.8, 4) is 0 Å². The van der Waals surface area contributed by atoms with Gasteiger partial charge >= 0.3 is 0 Å². The molecule has 2 atom stereocenters. The number of rotatable bonds is 5. The highest BCUT2D eigenvalue weighted by Crippen LogP contribution is 2.08. The minimum Gasteiger partial charge on any atom is -0.457 e. The average Bonchev–Trinajstić information content (AvgIpc) is 1.85. The van der Waals surface area contributed by atoms with Gasteiger partial charge in [0.25, 0.3) is 0 Å². The summed E-state index contributed by atoms with van der Waals surface area (Å²) in [6.45, 7) is 5.34. The third kappa shape index (κ3) is 4.88. The first-order chi connectivity index (χ1) is 5.36. The van der Waals surface area contributed by atoms with E-state index < -0.39 is 10.8 Å². The summed E-state index contributed by atoms with van der Waals surface area (Å²) in [5, 5.41) is 0. The van der Waals surface area contributed by atoms with Gasteiger partial charge in [-0.15, -0.1) is 7.05 Å². The summed E-state index contributed by atoms with van der Waals surface area (Å²) in [6, 6.07) is 0.537. The summed E-state index contributed by atoms with van der Waals surface area (Å²) in [6.07, 6.45) is 2.75. The second-order valence-corrected chi connectivity index (χ2v) is 5.48.